The lowest BCUT2D eigenvalue weighted by Crippen LogP contribution is -2.13. The highest BCUT2D eigenvalue weighted by atomic mass is 35.5. The van der Waals surface area contributed by atoms with Crippen LogP contribution in [0.15, 0.2) is 29.6 Å². The van der Waals surface area contributed by atoms with Crippen molar-refractivity contribution >= 4 is 39.8 Å². The molecule has 4 nitrogen and oxygen atoms in total. The highest BCUT2D eigenvalue weighted by Gasteiger charge is 2.23. The first-order valence-corrected chi connectivity index (χ1v) is 8.17. The fraction of sp³-hybridized carbons (Fsp3) is 0.250. The maximum atomic E-state index is 12.3. The fourth-order valence-corrected chi connectivity index (χ4v) is 3.15. The highest BCUT2D eigenvalue weighted by Crippen LogP contribution is 2.39. The number of anilines is 1. The molecular weight excluding hydrogens is 322 g/mol. The molecule has 0 atom stereocenters. The summed E-state index contributed by atoms with van der Waals surface area (Å²) in [4.78, 5) is 23.9. The second kappa shape index (κ2) is 7.42. The number of esters is 1. The van der Waals surface area contributed by atoms with Crippen molar-refractivity contribution in [1.82, 2.24) is 0 Å². The van der Waals surface area contributed by atoms with Gasteiger partial charge >= 0.3 is 5.97 Å². The Balaban J connectivity index is 2.52. The monoisotopic (exact) mass is 337 g/mol. The van der Waals surface area contributed by atoms with Crippen molar-refractivity contribution in [2.45, 2.75) is 20.3 Å². The first-order valence-electron chi connectivity index (χ1n) is 6.91. The van der Waals surface area contributed by atoms with Crippen LogP contribution in [0.1, 0.15) is 30.6 Å². The van der Waals surface area contributed by atoms with E-state index < -0.39 is 5.97 Å². The Morgan fingerprint density at radius 3 is 2.59 bits per heavy atom. The van der Waals surface area contributed by atoms with Crippen LogP contribution in [-0.2, 0) is 9.53 Å². The van der Waals surface area contributed by atoms with Gasteiger partial charge in [-0.2, -0.15) is 0 Å². The lowest BCUT2D eigenvalue weighted by Gasteiger charge is -2.09. The number of rotatable bonds is 5. The molecule has 2 aromatic rings. The zero-order valence-corrected chi connectivity index (χ0v) is 13.9. The topological polar surface area (TPSA) is 55.4 Å². The van der Waals surface area contributed by atoms with Gasteiger partial charge in [0.2, 0.25) is 5.91 Å². The van der Waals surface area contributed by atoms with Crippen molar-refractivity contribution in [2.75, 3.05) is 11.9 Å². The lowest BCUT2D eigenvalue weighted by atomic mass is 10.0. The minimum atomic E-state index is -0.468. The molecule has 0 unspecified atom stereocenters. The van der Waals surface area contributed by atoms with E-state index in [2.05, 4.69) is 5.32 Å². The Kier molecular flexibility index (Phi) is 5.57. The quantitative estimate of drug-likeness (QED) is 0.811. The van der Waals surface area contributed by atoms with Crippen molar-refractivity contribution in [2.24, 2.45) is 0 Å². The molecule has 22 heavy (non-hydrogen) atoms. The van der Waals surface area contributed by atoms with Crippen LogP contribution in [0.3, 0.4) is 0 Å². The van der Waals surface area contributed by atoms with Crippen molar-refractivity contribution in [3.63, 3.8) is 0 Å². The lowest BCUT2D eigenvalue weighted by molar-refractivity contribution is -0.115. The molecule has 2 rings (SSSR count). The molecule has 0 spiro atoms. The van der Waals surface area contributed by atoms with Gasteiger partial charge in [0.05, 0.1) is 6.61 Å². The van der Waals surface area contributed by atoms with Crippen molar-refractivity contribution < 1.29 is 14.3 Å². The predicted molar refractivity (Wildman–Crippen MR) is 89.6 cm³/mol. The molecule has 116 valence electrons. The molecule has 1 aromatic heterocycles. The smallest absolute Gasteiger partial charge is 0.341 e. The molecule has 6 heteroatoms. The zero-order valence-electron chi connectivity index (χ0n) is 12.3. The average molecular weight is 338 g/mol. The minimum Gasteiger partial charge on any atom is -0.462 e. The first-order chi connectivity index (χ1) is 10.6. The van der Waals surface area contributed by atoms with Crippen LogP contribution < -0.4 is 5.32 Å². The zero-order chi connectivity index (χ0) is 16.1. The van der Waals surface area contributed by atoms with Crippen LogP contribution in [0, 0.1) is 0 Å². The summed E-state index contributed by atoms with van der Waals surface area (Å²) in [6.07, 6.45) is 0.335. The first kappa shape index (κ1) is 16.5. The molecule has 1 amide bonds. The van der Waals surface area contributed by atoms with Crippen molar-refractivity contribution in [3.8, 4) is 11.1 Å². The summed E-state index contributed by atoms with van der Waals surface area (Å²) in [6, 6.07) is 7.26. The van der Waals surface area contributed by atoms with Gasteiger partial charge < -0.3 is 10.1 Å². The number of amides is 1. The predicted octanol–water partition coefficient (Wildman–Crippen LogP) is 4.59. The van der Waals surface area contributed by atoms with E-state index in [1.54, 1.807) is 25.3 Å². The third-order valence-corrected chi connectivity index (χ3v) is 4.23. The maximum absolute atomic E-state index is 12.3. The van der Waals surface area contributed by atoms with Crippen LogP contribution in [0.25, 0.3) is 11.1 Å². The molecule has 1 N–H and O–H groups in total. The van der Waals surface area contributed by atoms with E-state index in [4.69, 9.17) is 16.3 Å². The molecule has 1 aromatic carbocycles. The molecule has 0 bridgehead atoms. The van der Waals surface area contributed by atoms with Crippen LogP contribution in [0.4, 0.5) is 5.00 Å². The summed E-state index contributed by atoms with van der Waals surface area (Å²) in [5.41, 5.74) is 1.75. The van der Waals surface area contributed by atoms with Crippen LogP contribution in [-0.4, -0.2) is 18.5 Å². The Morgan fingerprint density at radius 1 is 1.23 bits per heavy atom. The third-order valence-electron chi connectivity index (χ3n) is 3.01. The van der Waals surface area contributed by atoms with Gasteiger partial charge in [0.15, 0.2) is 0 Å². The van der Waals surface area contributed by atoms with Crippen molar-refractivity contribution in [1.29, 1.82) is 0 Å². The summed E-state index contributed by atoms with van der Waals surface area (Å²) in [5.74, 6) is -0.622. The molecule has 0 saturated carbocycles. The van der Waals surface area contributed by atoms with Crippen LogP contribution in [0.5, 0.6) is 0 Å². The fourth-order valence-electron chi connectivity index (χ4n) is 1.95. The number of hydrogen-bond donors (Lipinski definition) is 1. The number of nitrogens with one attached hydrogen (secondary N) is 1. The van der Waals surface area contributed by atoms with Gasteiger partial charge in [-0.1, -0.05) is 36.7 Å². The van der Waals surface area contributed by atoms with Gasteiger partial charge in [-0.3, -0.25) is 4.79 Å². The van der Waals surface area contributed by atoms with E-state index in [1.807, 2.05) is 18.2 Å². The van der Waals surface area contributed by atoms with E-state index in [-0.39, 0.29) is 12.5 Å². The number of benzene rings is 1. The summed E-state index contributed by atoms with van der Waals surface area (Å²) in [6.45, 7) is 3.75. The summed E-state index contributed by atoms with van der Waals surface area (Å²) in [7, 11) is 0. The van der Waals surface area contributed by atoms with Gasteiger partial charge in [-0.15, -0.1) is 11.3 Å². The van der Waals surface area contributed by atoms with Gasteiger partial charge in [0.1, 0.15) is 10.6 Å². The molecule has 0 saturated heterocycles. The Morgan fingerprint density at radius 2 is 1.95 bits per heavy atom. The Labute approximate surface area is 138 Å². The van der Waals surface area contributed by atoms with E-state index >= 15 is 0 Å². The SMILES string of the molecule is CCOC(=O)c1c(-c2ccccc2Cl)csc1NC(=O)CC. The van der Waals surface area contributed by atoms with Gasteiger partial charge in [-0.25, -0.2) is 4.79 Å². The molecule has 0 fully saturated rings. The van der Waals surface area contributed by atoms with Crippen LogP contribution >= 0.6 is 22.9 Å². The number of thiophene rings is 1. The summed E-state index contributed by atoms with van der Waals surface area (Å²) >= 11 is 7.51. The number of halogens is 1. The largest absolute Gasteiger partial charge is 0.462 e. The number of ether oxygens (including phenoxy) is 1. The molecular formula is C16H16ClNO3S. The standard InChI is InChI=1S/C16H16ClNO3S/c1-3-13(19)18-15-14(16(20)21-4-2)11(9-22-15)10-7-5-6-8-12(10)17/h5-9H,3-4H2,1-2H3,(H,18,19). The third kappa shape index (κ3) is 3.48. The molecule has 0 radical (unpaired) electrons. The van der Waals surface area contributed by atoms with Gasteiger partial charge in [0, 0.05) is 28.0 Å². The number of hydrogen-bond acceptors (Lipinski definition) is 4. The number of carbonyl (C=O) groups excluding carboxylic acids is 2. The van der Waals surface area contributed by atoms with Crippen LogP contribution in [0.2, 0.25) is 5.02 Å². The normalized spacial score (nSPS) is 10.3. The highest BCUT2D eigenvalue weighted by molar-refractivity contribution is 7.15. The van der Waals surface area contributed by atoms with Gasteiger partial charge in [-0.05, 0) is 13.0 Å². The Hall–Kier alpha value is -1.85. The molecule has 0 aliphatic carbocycles. The Bertz CT molecular complexity index is 696. The maximum Gasteiger partial charge on any atom is 0.341 e. The average Bonchev–Trinajstić information content (AvgIpc) is 2.91. The second-order valence-electron chi connectivity index (χ2n) is 4.46. The second-order valence-corrected chi connectivity index (χ2v) is 5.74. The summed E-state index contributed by atoms with van der Waals surface area (Å²) in [5, 5.41) is 5.58. The molecule has 0 aliphatic heterocycles. The van der Waals surface area contributed by atoms with Crippen molar-refractivity contribution in [3.05, 3.63) is 40.2 Å². The van der Waals surface area contributed by atoms with E-state index in [0.29, 0.717) is 27.6 Å². The number of carbonyl (C=O) groups is 2. The summed E-state index contributed by atoms with van der Waals surface area (Å²) < 4.78 is 5.12. The minimum absolute atomic E-state index is 0.155. The van der Waals surface area contributed by atoms with Gasteiger partial charge in [0.25, 0.3) is 0 Å². The van der Waals surface area contributed by atoms with E-state index in [0.717, 1.165) is 5.56 Å². The molecule has 0 aliphatic rings. The van der Waals surface area contributed by atoms with E-state index in [1.165, 1.54) is 11.3 Å². The van der Waals surface area contributed by atoms with E-state index in [9.17, 15) is 9.59 Å². The molecule has 1 heterocycles.